The summed E-state index contributed by atoms with van der Waals surface area (Å²) >= 11 is 2.03. The fourth-order valence-corrected chi connectivity index (χ4v) is 4.73. The Bertz CT molecular complexity index is 572. The fourth-order valence-electron chi connectivity index (χ4n) is 3.75. The summed E-state index contributed by atoms with van der Waals surface area (Å²) in [7, 11) is 0. The van der Waals surface area contributed by atoms with Crippen molar-refractivity contribution in [1.82, 2.24) is 4.90 Å². The van der Waals surface area contributed by atoms with Gasteiger partial charge in [-0.15, -0.1) is 0 Å². The molecule has 1 aromatic carbocycles. The Morgan fingerprint density at radius 3 is 2.83 bits per heavy atom. The predicted octanol–water partition coefficient (Wildman–Crippen LogP) is 3.00. The van der Waals surface area contributed by atoms with Crippen molar-refractivity contribution < 1.29 is 4.79 Å². The highest BCUT2D eigenvalue weighted by Gasteiger charge is 2.26. The van der Waals surface area contributed by atoms with Crippen LogP contribution >= 0.6 is 11.8 Å². The van der Waals surface area contributed by atoms with Crippen molar-refractivity contribution in [2.45, 2.75) is 45.2 Å². The number of benzene rings is 1. The zero-order valence-corrected chi connectivity index (χ0v) is 15.4. The molecule has 2 aliphatic rings. The number of rotatable bonds is 5. The van der Waals surface area contributed by atoms with Crippen LogP contribution in [0.4, 0.5) is 5.69 Å². The van der Waals surface area contributed by atoms with Crippen LogP contribution < -0.4 is 11.1 Å². The Balaban J connectivity index is 1.60. The maximum Gasteiger partial charge on any atom is 0.224 e. The van der Waals surface area contributed by atoms with Crippen LogP contribution in [-0.2, 0) is 11.3 Å². The lowest BCUT2D eigenvalue weighted by molar-refractivity contribution is -0.117. The van der Waals surface area contributed by atoms with Gasteiger partial charge in [-0.25, -0.2) is 0 Å². The first-order valence-electron chi connectivity index (χ1n) is 9.07. The minimum Gasteiger partial charge on any atom is -0.327 e. The van der Waals surface area contributed by atoms with Crippen molar-refractivity contribution in [2.75, 3.05) is 29.9 Å². The second-order valence-electron chi connectivity index (χ2n) is 7.09. The number of hydrogen-bond donors (Lipinski definition) is 2. The lowest BCUT2D eigenvalue weighted by Gasteiger charge is -2.27. The van der Waals surface area contributed by atoms with Gasteiger partial charge in [0.1, 0.15) is 0 Å². The van der Waals surface area contributed by atoms with E-state index in [9.17, 15) is 4.79 Å². The molecule has 0 aromatic heterocycles. The molecule has 1 saturated heterocycles. The van der Waals surface area contributed by atoms with Gasteiger partial charge in [-0.1, -0.05) is 18.6 Å². The van der Waals surface area contributed by atoms with Gasteiger partial charge in [-0.05, 0) is 42.9 Å². The van der Waals surface area contributed by atoms with E-state index in [-0.39, 0.29) is 11.9 Å². The number of amides is 1. The van der Waals surface area contributed by atoms with E-state index >= 15 is 0 Å². The van der Waals surface area contributed by atoms with Crippen LogP contribution in [-0.4, -0.2) is 41.4 Å². The first kappa shape index (κ1) is 17.8. The average molecular weight is 348 g/mol. The lowest BCUT2D eigenvalue weighted by atomic mass is 9.99. The topological polar surface area (TPSA) is 58.4 Å². The molecule has 1 saturated carbocycles. The van der Waals surface area contributed by atoms with Crippen LogP contribution in [0.1, 0.15) is 36.8 Å². The van der Waals surface area contributed by atoms with Crippen molar-refractivity contribution in [2.24, 2.45) is 11.7 Å². The van der Waals surface area contributed by atoms with E-state index in [1.165, 1.54) is 22.6 Å². The zero-order valence-electron chi connectivity index (χ0n) is 14.6. The summed E-state index contributed by atoms with van der Waals surface area (Å²) in [6, 6.07) is 6.44. The van der Waals surface area contributed by atoms with Crippen molar-refractivity contribution in [3.8, 4) is 0 Å². The smallest absolute Gasteiger partial charge is 0.224 e. The second kappa shape index (κ2) is 8.37. The summed E-state index contributed by atoms with van der Waals surface area (Å²) in [5.74, 6) is 2.89. The maximum absolute atomic E-state index is 12.4. The molecule has 4 nitrogen and oxygen atoms in total. The number of carbonyl (C=O) groups is 1. The van der Waals surface area contributed by atoms with Crippen LogP contribution in [0.5, 0.6) is 0 Å². The average Bonchev–Trinajstić information content (AvgIpc) is 2.97. The highest BCUT2D eigenvalue weighted by molar-refractivity contribution is 7.99. The summed E-state index contributed by atoms with van der Waals surface area (Å²) < 4.78 is 0. The SMILES string of the molecule is Cc1c(CN2CCSCC2)cccc1NC(=O)C[C@@H]1CCC[C@H]1N. The molecular formula is C19H29N3OS. The van der Waals surface area contributed by atoms with E-state index in [4.69, 9.17) is 5.73 Å². The number of nitrogens with one attached hydrogen (secondary N) is 1. The van der Waals surface area contributed by atoms with Gasteiger partial charge in [-0.2, -0.15) is 11.8 Å². The standard InChI is InChI=1S/C19H29N3OS/c1-14-16(13-22-8-10-24-11-9-22)5-3-7-18(14)21-19(23)12-15-4-2-6-17(15)20/h3,5,7,15,17H,2,4,6,8-13,20H2,1H3,(H,21,23)/t15-,17+/m0/s1. The van der Waals surface area contributed by atoms with Gasteiger partial charge in [0.2, 0.25) is 5.91 Å². The number of nitrogens with zero attached hydrogens (tertiary/aromatic N) is 1. The molecule has 5 heteroatoms. The van der Waals surface area contributed by atoms with Gasteiger partial charge in [0.05, 0.1) is 0 Å². The molecule has 2 atom stereocenters. The van der Waals surface area contributed by atoms with E-state index < -0.39 is 0 Å². The fraction of sp³-hybridized carbons (Fsp3) is 0.632. The van der Waals surface area contributed by atoms with Crippen LogP contribution in [0.3, 0.4) is 0 Å². The minimum absolute atomic E-state index is 0.104. The lowest BCUT2D eigenvalue weighted by Crippen LogP contribution is -2.32. The van der Waals surface area contributed by atoms with Crippen LogP contribution in [0.2, 0.25) is 0 Å². The number of thioether (sulfide) groups is 1. The molecule has 132 valence electrons. The molecule has 1 aliphatic heterocycles. The molecule has 0 unspecified atom stereocenters. The first-order valence-corrected chi connectivity index (χ1v) is 10.2. The van der Waals surface area contributed by atoms with Gasteiger partial charge < -0.3 is 11.1 Å². The number of carbonyl (C=O) groups excluding carboxylic acids is 1. The van der Waals surface area contributed by atoms with Gasteiger partial charge in [0.25, 0.3) is 0 Å². The molecule has 1 aliphatic carbocycles. The zero-order chi connectivity index (χ0) is 16.9. The quantitative estimate of drug-likeness (QED) is 0.860. The van der Waals surface area contributed by atoms with Gasteiger partial charge in [0, 0.05) is 49.3 Å². The summed E-state index contributed by atoms with van der Waals surface area (Å²) in [5, 5.41) is 3.12. The van der Waals surface area contributed by atoms with Crippen molar-refractivity contribution in [1.29, 1.82) is 0 Å². The molecule has 0 spiro atoms. The van der Waals surface area contributed by atoms with Gasteiger partial charge >= 0.3 is 0 Å². The molecule has 3 N–H and O–H groups in total. The molecule has 1 amide bonds. The second-order valence-corrected chi connectivity index (χ2v) is 8.31. The van der Waals surface area contributed by atoms with Gasteiger partial charge in [0.15, 0.2) is 0 Å². The first-order chi connectivity index (χ1) is 11.6. The van der Waals surface area contributed by atoms with E-state index in [1.54, 1.807) is 0 Å². The number of anilines is 1. The summed E-state index contributed by atoms with van der Waals surface area (Å²) in [4.78, 5) is 14.9. The minimum atomic E-state index is 0.104. The number of hydrogen-bond acceptors (Lipinski definition) is 4. The third-order valence-corrected chi connectivity index (χ3v) is 6.33. The molecule has 2 fully saturated rings. The largest absolute Gasteiger partial charge is 0.327 e. The molecular weight excluding hydrogens is 318 g/mol. The summed E-state index contributed by atoms with van der Waals surface area (Å²) in [6.07, 6.45) is 3.84. The third kappa shape index (κ3) is 4.52. The summed E-state index contributed by atoms with van der Waals surface area (Å²) in [6.45, 7) is 5.40. The Hall–Kier alpha value is -1.04. The Kier molecular flexibility index (Phi) is 6.19. The van der Waals surface area contributed by atoms with E-state index in [0.29, 0.717) is 12.3 Å². The monoisotopic (exact) mass is 347 g/mol. The highest BCUT2D eigenvalue weighted by atomic mass is 32.2. The predicted molar refractivity (Wildman–Crippen MR) is 102 cm³/mol. The summed E-state index contributed by atoms with van der Waals surface area (Å²) in [5.41, 5.74) is 9.56. The van der Waals surface area contributed by atoms with E-state index in [1.807, 2.05) is 17.8 Å². The maximum atomic E-state index is 12.4. The highest BCUT2D eigenvalue weighted by Crippen LogP contribution is 2.28. The Morgan fingerprint density at radius 2 is 2.12 bits per heavy atom. The molecule has 1 heterocycles. The Morgan fingerprint density at radius 1 is 1.33 bits per heavy atom. The normalized spacial score (nSPS) is 24.9. The van der Waals surface area contributed by atoms with E-state index in [2.05, 4.69) is 29.3 Å². The van der Waals surface area contributed by atoms with Crippen molar-refractivity contribution in [3.63, 3.8) is 0 Å². The van der Waals surface area contributed by atoms with Crippen molar-refractivity contribution >= 4 is 23.4 Å². The van der Waals surface area contributed by atoms with Crippen LogP contribution in [0.25, 0.3) is 0 Å². The molecule has 1 aromatic rings. The van der Waals surface area contributed by atoms with Gasteiger partial charge in [-0.3, -0.25) is 9.69 Å². The molecule has 3 rings (SSSR count). The molecule has 0 bridgehead atoms. The van der Waals surface area contributed by atoms with Crippen molar-refractivity contribution in [3.05, 3.63) is 29.3 Å². The third-order valence-electron chi connectivity index (χ3n) is 5.38. The van der Waals surface area contributed by atoms with Crippen LogP contribution in [0, 0.1) is 12.8 Å². The number of nitrogens with two attached hydrogens (primary N) is 1. The molecule has 24 heavy (non-hydrogen) atoms. The van der Waals surface area contributed by atoms with E-state index in [0.717, 1.165) is 44.6 Å². The molecule has 0 radical (unpaired) electrons. The Labute approximate surface area is 149 Å². The van der Waals surface area contributed by atoms with Crippen LogP contribution in [0.15, 0.2) is 18.2 Å².